The lowest BCUT2D eigenvalue weighted by Gasteiger charge is -2.39. The minimum atomic E-state index is -1.37. The summed E-state index contributed by atoms with van der Waals surface area (Å²) in [7, 11) is 0. The molecule has 2 amide bonds. The lowest BCUT2D eigenvalue weighted by Crippen LogP contribution is -2.58. The maximum absolute atomic E-state index is 14.1. The van der Waals surface area contributed by atoms with Crippen LogP contribution in [0.1, 0.15) is 27.0 Å². The van der Waals surface area contributed by atoms with Gasteiger partial charge in [-0.1, -0.05) is 133 Å². The summed E-state index contributed by atoms with van der Waals surface area (Å²) < 4.78 is 0. The Morgan fingerprint density at radius 2 is 1.07 bits per heavy atom. The van der Waals surface area contributed by atoms with Crippen molar-refractivity contribution in [2.45, 2.75) is 11.6 Å². The zero-order valence-corrected chi connectivity index (χ0v) is 24.0. The van der Waals surface area contributed by atoms with E-state index in [2.05, 4.69) is 16.0 Å². The normalized spacial score (nSPS) is 11.7. The molecule has 1 atom stereocenters. The predicted octanol–water partition coefficient (Wildman–Crippen LogP) is 6.23. The van der Waals surface area contributed by atoms with Crippen molar-refractivity contribution in [1.29, 1.82) is 0 Å². The summed E-state index contributed by atoms with van der Waals surface area (Å²) >= 11 is 6.29. The lowest BCUT2D eigenvalue weighted by atomic mass is 9.76. The van der Waals surface area contributed by atoms with Gasteiger partial charge in [-0.15, -0.1) is 0 Å². The highest BCUT2D eigenvalue weighted by molar-refractivity contribution is 6.30. The summed E-state index contributed by atoms with van der Waals surface area (Å²) in [6, 6.07) is 42.8. The number of para-hydroxylation sites is 1. The molecule has 0 heterocycles. The first kappa shape index (κ1) is 29.5. The highest BCUT2D eigenvalue weighted by Crippen LogP contribution is 2.38. The van der Waals surface area contributed by atoms with Crippen LogP contribution in [0.25, 0.3) is 0 Å². The molecule has 43 heavy (non-hydrogen) atoms. The molecular weight excluding hydrogens is 558 g/mol. The molecule has 3 N–H and O–H groups in total. The van der Waals surface area contributed by atoms with Gasteiger partial charge in [0, 0.05) is 16.3 Å². The highest BCUT2D eigenvalue weighted by atomic mass is 35.5. The summed E-state index contributed by atoms with van der Waals surface area (Å²) in [6.07, 6.45) is 0. The summed E-state index contributed by atoms with van der Waals surface area (Å²) in [5, 5.41) is 9.47. The second-order valence-corrected chi connectivity index (χ2v) is 10.4. The Morgan fingerprint density at radius 1 is 0.605 bits per heavy atom. The van der Waals surface area contributed by atoms with Crippen LogP contribution < -0.4 is 16.0 Å². The standard InChI is InChI=1S/C36H30ClN3O3/c37-30-23-21-29(22-24-30)36(27-15-7-2-8-16-27,28-17-9-3-10-18-28)40-33(34(42)26-13-5-1-6-14-26)35(43)38-25-32(41)39-31-19-11-4-12-20-31/h1-24,33,40H,25H2,(H,38,43)(H,39,41)/t33-/m0/s1. The Bertz CT molecular complexity index is 1620. The number of amides is 2. The molecule has 0 saturated heterocycles. The summed E-state index contributed by atoms with van der Waals surface area (Å²) in [5.74, 6) is -1.49. The summed E-state index contributed by atoms with van der Waals surface area (Å²) in [5.41, 5.74) is 2.20. The smallest absolute Gasteiger partial charge is 0.245 e. The molecule has 5 aromatic rings. The zero-order valence-electron chi connectivity index (χ0n) is 23.2. The number of Topliss-reactive ketones (excluding diaryl/α,β-unsaturated/α-hetero) is 1. The van der Waals surface area contributed by atoms with Crippen LogP contribution in [0.4, 0.5) is 5.69 Å². The number of halogens is 1. The van der Waals surface area contributed by atoms with Crippen LogP contribution in [0.2, 0.25) is 5.02 Å². The van der Waals surface area contributed by atoms with Crippen molar-refractivity contribution < 1.29 is 14.4 Å². The molecule has 5 rings (SSSR count). The van der Waals surface area contributed by atoms with E-state index in [1.807, 2.05) is 78.9 Å². The average Bonchev–Trinajstić information content (AvgIpc) is 3.06. The third kappa shape index (κ3) is 6.89. The first-order valence-corrected chi connectivity index (χ1v) is 14.2. The Morgan fingerprint density at radius 3 is 1.60 bits per heavy atom. The van der Waals surface area contributed by atoms with Crippen molar-refractivity contribution >= 4 is 34.9 Å². The summed E-state index contributed by atoms with van der Waals surface area (Å²) in [6.45, 7) is -0.321. The molecular formula is C36H30ClN3O3. The first-order chi connectivity index (χ1) is 21.0. The Labute approximate surface area is 255 Å². The van der Waals surface area contributed by atoms with Crippen molar-refractivity contribution in [2.24, 2.45) is 0 Å². The predicted molar refractivity (Wildman–Crippen MR) is 170 cm³/mol. The van der Waals surface area contributed by atoms with E-state index in [1.54, 1.807) is 66.7 Å². The van der Waals surface area contributed by atoms with Crippen LogP contribution in [-0.4, -0.2) is 30.2 Å². The topological polar surface area (TPSA) is 87.3 Å². The summed E-state index contributed by atoms with van der Waals surface area (Å²) in [4.78, 5) is 40.8. The van der Waals surface area contributed by atoms with Gasteiger partial charge in [-0.25, -0.2) is 0 Å². The number of nitrogens with one attached hydrogen (secondary N) is 3. The number of benzene rings is 5. The molecule has 0 saturated carbocycles. The molecule has 0 aliphatic heterocycles. The second kappa shape index (κ2) is 13.7. The van der Waals surface area contributed by atoms with Crippen LogP contribution in [0.3, 0.4) is 0 Å². The average molecular weight is 588 g/mol. The molecule has 0 unspecified atom stereocenters. The van der Waals surface area contributed by atoms with E-state index in [9.17, 15) is 14.4 Å². The van der Waals surface area contributed by atoms with Gasteiger partial charge in [-0.05, 0) is 41.0 Å². The first-order valence-electron chi connectivity index (χ1n) is 13.8. The van der Waals surface area contributed by atoms with Gasteiger partial charge in [0.2, 0.25) is 11.8 Å². The van der Waals surface area contributed by atoms with Crippen LogP contribution in [0, 0.1) is 0 Å². The van der Waals surface area contributed by atoms with Gasteiger partial charge in [-0.2, -0.15) is 0 Å². The maximum atomic E-state index is 14.1. The maximum Gasteiger partial charge on any atom is 0.245 e. The van der Waals surface area contributed by atoms with Crippen molar-refractivity contribution in [3.05, 3.63) is 173 Å². The molecule has 214 valence electrons. The second-order valence-electron chi connectivity index (χ2n) is 9.93. The van der Waals surface area contributed by atoms with E-state index < -0.39 is 29.2 Å². The number of hydrogen-bond acceptors (Lipinski definition) is 4. The van der Waals surface area contributed by atoms with E-state index in [1.165, 1.54) is 0 Å². The number of rotatable bonds is 11. The fraction of sp³-hybridized carbons (Fsp3) is 0.0833. The van der Waals surface area contributed by atoms with Crippen LogP contribution in [0.5, 0.6) is 0 Å². The molecule has 7 heteroatoms. The van der Waals surface area contributed by atoms with Gasteiger partial charge < -0.3 is 10.6 Å². The van der Waals surface area contributed by atoms with Crippen LogP contribution in [0.15, 0.2) is 146 Å². The van der Waals surface area contributed by atoms with Gasteiger partial charge in [0.15, 0.2) is 11.8 Å². The molecule has 0 aliphatic rings. The highest BCUT2D eigenvalue weighted by Gasteiger charge is 2.42. The SMILES string of the molecule is O=C(CNC(=O)[C@@H](NC(c1ccccc1)(c1ccccc1)c1ccc(Cl)cc1)C(=O)c1ccccc1)Nc1ccccc1. The monoisotopic (exact) mass is 587 g/mol. The van der Waals surface area contributed by atoms with Gasteiger partial charge in [-0.3, -0.25) is 19.7 Å². The van der Waals surface area contributed by atoms with Gasteiger partial charge in [0.25, 0.3) is 0 Å². The van der Waals surface area contributed by atoms with E-state index in [0.717, 1.165) is 16.7 Å². The Hall–Kier alpha value is -5.04. The molecule has 0 aliphatic carbocycles. The van der Waals surface area contributed by atoms with Gasteiger partial charge in [0.1, 0.15) is 0 Å². The van der Waals surface area contributed by atoms with Crippen molar-refractivity contribution in [3.8, 4) is 0 Å². The lowest BCUT2D eigenvalue weighted by molar-refractivity contribution is -0.125. The third-order valence-electron chi connectivity index (χ3n) is 7.12. The van der Waals surface area contributed by atoms with E-state index in [4.69, 9.17) is 11.6 Å². The third-order valence-corrected chi connectivity index (χ3v) is 7.37. The largest absolute Gasteiger partial charge is 0.345 e. The quantitative estimate of drug-likeness (QED) is 0.0971. The Kier molecular flexibility index (Phi) is 9.42. The van der Waals surface area contributed by atoms with Crippen molar-refractivity contribution in [2.75, 3.05) is 11.9 Å². The van der Waals surface area contributed by atoms with E-state index in [0.29, 0.717) is 16.3 Å². The van der Waals surface area contributed by atoms with Gasteiger partial charge >= 0.3 is 0 Å². The fourth-order valence-electron chi connectivity index (χ4n) is 5.06. The number of ketones is 1. The molecule has 0 fully saturated rings. The molecule has 0 spiro atoms. The zero-order chi connectivity index (χ0) is 30.1. The van der Waals surface area contributed by atoms with Gasteiger partial charge in [0.05, 0.1) is 12.1 Å². The minimum Gasteiger partial charge on any atom is -0.345 e. The molecule has 0 aromatic heterocycles. The molecule has 6 nitrogen and oxygen atoms in total. The fourth-order valence-corrected chi connectivity index (χ4v) is 5.18. The number of anilines is 1. The number of carbonyl (C=O) groups is 3. The van der Waals surface area contributed by atoms with Crippen LogP contribution in [-0.2, 0) is 15.1 Å². The van der Waals surface area contributed by atoms with E-state index in [-0.39, 0.29) is 6.54 Å². The van der Waals surface area contributed by atoms with E-state index >= 15 is 0 Å². The van der Waals surface area contributed by atoms with Crippen molar-refractivity contribution in [1.82, 2.24) is 10.6 Å². The molecule has 0 bridgehead atoms. The molecule has 5 aromatic carbocycles. The van der Waals surface area contributed by atoms with Crippen molar-refractivity contribution in [3.63, 3.8) is 0 Å². The Balaban J connectivity index is 1.58. The minimum absolute atomic E-state index is 0.321. The molecule has 0 radical (unpaired) electrons. The van der Waals surface area contributed by atoms with Crippen LogP contribution >= 0.6 is 11.6 Å². The number of hydrogen-bond donors (Lipinski definition) is 3. The number of carbonyl (C=O) groups excluding carboxylic acids is 3.